The van der Waals surface area contributed by atoms with Gasteiger partial charge >= 0.3 is 10.2 Å². The van der Waals surface area contributed by atoms with E-state index in [1.165, 1.54) is 10.4 Å². The highest BCUT2D eigenvalue weighted by atomic mass is 35.5. The summed E-state index contributed by atoms with van der Waals surface area (Å²) in [4.78, 5) is 0. The van der Waals surface area contributed by atoms with Crippen LogP contribution in [0.5, 0.6) is 0 Å². The van der Waals surface area contributed by atoms with Crippen molar-refractivity contribution in [3.63, 3.8) is 0 Å². The van der Waals surface area contributed by atoms with Crippen LogP contribution in [0.25, 0.3) is 0 Å². The van der Waals surface area contributed by atoms with Crippen LogP contribution in [-0.4, -0.2) is 38.9 Å². The number of nitrogens with one attached hydrogen (secondary N) is 2. The Bertz CT molecular complexity index is 532. The lowest BCUT2D eigenvalue weighted by Gasteiger charge is -2.27. The molecule has 0 atom stereocenters. The van der Waals surface area contributed by atoms with Gasteiger partial charge in [0.05, 0.1) is 10.7 Å². The molecule has 18 heavy (non-hydrogen) atoms. The van der Waals surface area contributed by atoms with Crippen LogP contribution < -0.4 is 10.0 Å². The third-order valence-corrected chi connectivity index (χ3v) is 4.42. The van der Waals surface area contributed by atoms with Gasteiger partial charge in [0.2, 0.25) is 0 Å². The molecule has 0 spiro atoms. The molecule has 0 aromatic heterocycles. The van der Waals surface area contributed by atoms with Crippen molar-refractivity contribution in [2.45, 2.75) is 0 Å². The molecular formula is C10H13ClFN3O2S. The molecule has 0 amide bonds. The maximum Gasteiger partial charge on any atom is 0.301 e. The largest absolute Gasteiger partial charge is 0.314 e. The summed E-state index contributed by atoms with van der Waals surface area (Å²) in [6.45, 7) is 2.01. The lowest BCUT2D eigenvalue weighted by molar-refractivity contribution is 0.362. The summed E-state index contributed by atoms with van der Waals surface area (Å²) in [5, 5.41) is 3.10. The minimum absolute atomic E-state index is 0.0358. The first-order valence-corrected chi connectivity index (χ1v) is 7.24. The Morgan fingerprint density at radius 1 is 1.33 bits per heavy atom. The predicted molar refractivity (Wildman–Crippen MR) is 68.4 cm³/mol. The van der Waals surface area contributed by atoms with Crippen molar-refractivity contribution in [3.05, 3.63) is 29.0 Å². The Morgan fingerprint density at radius 2 is 2.00 bits per heavy atom. The lowest BCUT2D eigenvalue weighted by atomic mass is 10.3. The van der Waals surface area contributed by atoms with Crippen LogP contribution in [0.2, 0.25) is 5.02 Å². The van der Waals surface area contributed by atoms with E-state index in [0.29, 0.717) is 26.2 Å². The zero-order valence-electron chi connectivity index (χ0n) is 9.49. The maximum atomic E-state index is 12.9. The molecule has 0 aliphatic carbocycles. The fourth-order valence-corrected chi connectivity index (χ4v) is 3.18. The third-order valence-electron chi connectivity index (χ3n) is 2.59. The van der Waals surface area contributed by atoms with Gasteiger partial charge in [-0.1, -0.05) is 11.6 Å². The van der Waals surface area contributed by atoms with Crippen LogP contribution in [0.1, 0.15) is 0 Å². The molecular weight excluding hydrogens is 281 g/mol. The topological polar surface area (TPSA) is 61.4 Å². The number of nitrogens with zero attached hydrogens (tertiary/aromatic N) is 1. The monoisotopic (exact) mass is 293 g/mol. The van der Waals surface area contributed by atoms with Crippen molar-refractivity contribution < 1.29 is 12.8 Å². The molecule has 1 aliphatic heterocycles. The quantitative estimate of drug-likeness (QED) is 0.875. The molecule has 1 aromatic carbocycles. The molecule has 2 N–H and O–H groups in total. The summed E-state index contributed by atoms with van der Waals surface area (Å²) in [7, 11) is -3.64. The molecule has 0 bridgehead atoms. The fraction of sp³-hybridized carbons (Fsp3) is 0.400. The third kappa shape index (κ3) is 3.11. The normalized spacial score (nSPS) is 17.7. The van der Waals surface area contributed by atoms with Gasteiger partial charge in [-0.3, -0.25) is 4.72 Å². The van der Waals surface area contributed by atoms with E-state index in [4.69, 9.17) is 11.6 Å². The molecule has 0 radical (unpaired) electrons. The first-order valence-electron chi connectivity index (χ1n) is 5.43. The summed E-state index contributed by atoms with van der Waals surface area (Å²) < 4.78 is 40.6. The first kappa shape index (κ1) is 13.5. The molecule has 1 aliphatic rings. The molecule has 8 heteroatoms. The van der Waals surface area contributed by atoms with Crippen molar-refractivity contribution in [3.8, 4) is 0 Å². The average molecular weight is 294 g/mol. The smallest absolute Gasteiger partial charge is 0.301 e. The van der Waals surface area contributed by atoms with E-state index in [1.807, 2.05) is 0 Å². The van der Waals surface area contributed by atoms with Crippen LogP contribution in [0.15, 0.2) is 18.2 Å². The molecule has 0 unspecified atom stereocenters. The highest BCUT2D eigenvalue weighted by Gasteiger charge is 2.24. The van der Waals surface area contributed by atoms with Gasteiger partial charge < -0.3 is 5.32 Å². The average Bonchev–Trinajstić information content (AvgIpc) is 2.34. The SMILES string of the molecule is O=S(=O)(Nc1ccc(F)cc1Cl)N1CCNCC1. The van der Waals surface area contributed by atoms with Crippen LogP contribution in [-0.2, 0) is 10.2 Å². The van der Waals surface area contributed by atoms with Gasteiger partial charge in [-0.2, -0.15) is 12.7 Å². The molecule has 5 nitrogen and oxygen atoms in total. The van der Waals surface area contributed by atoms with Crippen molar-refractivity contribution in [2.24, 2.45) is 0 Å². The molecule has 1 aromatic rings. The van der Waals surface area contributed by atoms with Gasteiger partial charge in [-0.05, 0) is 18.2 Å². The van der Waals surface area contributed by atoms with Crippen molar-refractivity contribution in [1.82, 2.24) is 9.62 Å². The zero-order valence-corrected chi connectivity index (χ0v) is 11.1. The number of halogens is 2. The van der Waals surface area contributed by atoms with Crippen molar-refractivity contribution >= 4 is 27.5 Å². The molecule has 1 fully saturated rings. The number of piperazine rings is 1. The molecule has 100 valence electrons. The lowest BCUT2D eigenvalue weighted by Crippen LogP contribution is -2.48. The first-order chi connectivity index (χ1) is 8.49. The molecule has 0 saturated carbocycles. The molecule has 1 heterocycles. The van der Waals surface area contributed by atoms with Gasteiger partial charge in [0.1, 0.15) is 5.82 Å². The summed E-state index contributed by atoms with van der Waals surface area (Å²) in [5.41, 5.74) is 0.177. The van der Waals surface area contributed by atoms with E-state index in [9.17, 15) is 12.8 Å². The fourth-order valence-electron chi connectivity index (χ4n) is 1.66. The number of rotatable bonds is 3. The second-order valence-corrected chi connectivity index (χ2v) is 5.96. The highest BCUT2D eigenvalue weighted by molar-refractivity contribution is 7.90. The van der Waals surface area contributed by atoms with Crippen LogP contribution in [0, 0.1) is 5.82 Å². The van der Waals surface area contributed by atoms with Gasteiger partial charge in [-0.25, -0.2) is 4.39 Å². The van der Waals surface area contributed by atoms with Crippen molar-refractivity contribution in [1.29, 1.82) is 0 Å². The van der Waals surface area contributed by atoms with E-state index in [2.05, 4.69) is 10.0 Å². The number of benzene rings is 1. The van der Waals surface area contributed by atoms with Crippen molar-refractivity contribution in [2.75, 3.05) is 30.9 Å². The highest BCUT2D eigenvalue weighted by Crippen LogP contribution is 2.24. The minimum atomic E-state index is -3.64. The maximum absolute atomic E-state index is 12.9. The number of hydrogen-bond donors (Lipinski definition) is 2. The Hall–Kier alpha value is -0.890. The van der Waals surface area contributed by atoms with Crippen LogP contribution in [0.4, 0.5) is 10.1 Å². The van der Waals surface area contributed by atoms with Gasteiger partial charge in [-0.15, -0.1) is 0 Å². The number of anilines is 1. The van der Waals surface area contributed by atoms with E-state index >= 15 is 0 Å². The van der Waals surface area contributed by atoms with E-state index in [1.54, 1.807) is 0 Å². The summed E-state index contributed by atoms with van der Waals surface area (Å²) in [6.07, 6.45) is 0. The minimum Gasteiger partial charge on any atom is -0.314 e. The van der Waals surface area contributed by atoms with Gasteiger partial charge in [0.25, 0.3) is 0 Å². The Labute approximate surface area is 110 Å². The van der Waals surface area contributed by atoms with Gasteiger partial charge in [0, 0.05) is 26.2 Å². The standard InChI is InChI=1S/C10H13ClFN3O2S/c11-9-7-8(12)1-2-10(9)14-18(16,17)15-5-3-13-4-6-15/h1-2,7,13-14H,3-6H2. The Kier molecular flexibility index (Phi) is 4.06. The second-order valence-electron chi connectivity index (χ2n) is 3.88. The Morgan fingerprint density at radius 3 is 2.61 bits per heavy atom. The summed E-state index contributed by atoms with van der Waals surface area (Å²) in [5.74, 6) is -0.509. The molecule has 1 saturated heterocycles. The second kappa shape index (κ2) is 5.40. The van der Waals surface area contributed by atoms with Crippen LogP contribution >= 0.6 is 11.6 Å². The summed E-state index contributed by atoms with van der Waals surface area (Å²) >= 11 is 5.78. The Balaban J connectivity index is 2.16. The van der Waals surface area contributed by atoms with E-state index in [-0.39, 0.29) is 10.7 Å². The summed E-state index contributed by atoms with van der Waals surface area (Å²) in [6, 6.07) is 3.52. The van der Waals surface area contributed by atoms with Crippen LogP contribution in [0.3, 0.4) is 0 Å². The number of hydrogen-bond acceptors (Lipinski definition) is 3. The zero-order chi connectivity index (χ0) is 13.2. The predicted octanol–water partition coefficient (Wildman–Crippen LogP) is 1.04. The van der Waals surface area contributed by atoms with E-state index < -0.39 is 16.0 Å². The van der Waals surface area contributed by atoms with E-state index in [0.717, 1.165) is 12.1 Å². The molecule has 2 rings (SSSR count). The van der Waals surface area contributed by atoms with Gasteiger partial charge in [0.15, 0.2) is 0 Å².